The fourth-order valence-electron chi connectivity index (χ4n) is 2.47. The molecule has 0 saturated carbocycles. The highest BCUT2D eigenvalue weighted by Gasteiger charge is 2.36. The van der Waals surface area contributed by atoms with E-state index in [4.69, 9.17) is 4.74 Å². The Hall–Kier alpha value is -2.31. The van der Waals surface area contributed by atoms with Crippen LogP contribution in [-0.4, -0.2) is 23.6 Å². The molecular formula is C19H24F3N3O. The molecule has 7 heteroatoms. The molecule has 2 aromatic rings. The number of alkyl halides is 3. The smallest absolute Gasteiger partial charge is 0.421 e. The van der Waals surface area contributed by atoms with E-state index in [0.29, 0.717) is 24.6 Å². The van der Waals surface area contributed by atoms with Crippen molar-refractivity contribution in [3.05, 3.63) is 41.6 Å². The summed E-state index contributed by atoms with van der Waals surface area (Å²) in [7, 11) is 1.57. The number of benzene rings is 1. The molecule has 0 amide bonds. The highest BCUT2D eigenvalue weighted by molar-refractivity contribution is 5.63. The van der Waals surface area contributed by atoms with Crippen LogP contribution in [0.15, 0.2) is 30.5 Å². The summed E-state index contributed by atoms with van der Waals surface area (Å²) in [5.74, 6) is 0.0965. The minimum Gasteiger partial charge on any atom is -0.463 e. The van der Waals surface area contributed by atoms with Crippen molar-refractivity contribution in [2.75, 3.05) is 18.6 Å². The Balaban J connectivity index is 2.47. The number of anilines is 2. The quantitative estimate of drug-likeness (QED) is 0.642. The van der Waals surface area contributed by atoms with Gasteiger partial charge >= 0.3 is 12.2 Å². The van der Waals surface area contributed by atoms with Gasteiger partial charge in [0, 0.05) is 18.9 Å². The molecule has 0 bridgehead atoms. The van der Waals surface area contributed by atoms with Gasteiger partial charge in [0.2, 0.25) is 0 Å². The van der Waals surface area contributed by atoms with Crippen LogP contribution in [0, 0.1) is 0 Å². The van der Waals surface area contributed by atoms with Crippen LogP contribution in [0.4, 0.5) is 24.7 Å². The first-order chi connectivity index (χ1) is 12.3. The maximum absolute atomic E-state index is 13.4. The Kier molecular flexibility index (Phi) is 6.45. The van der Waals surface area contributed by atoms with Gasteiger partial charge in [-0.2, -0.15) is 18.2 Å². The summed E-state index contributed by atoms with van der Waals surface area (Å²) < 4.78 is 45.6. The van der Waals surface area contributed by atoms with Crippen molar-refractivity contribution in [1.29, 1.82) is 0 Å². The van der Waals surface area contributed by atoms with Crippen LogP contribution in [-0.2, 0) is 6.18 Å². The Labute approximate surface area is 152 Å². The lowest BCUT2D eigenvalue weighted by Crippen LogP contribution is -2.19. The molecule has 0 N–H and O–H groups in total. The lowest BCUT2D eigenvalue weighted by Gasteiger charge is -2.23. The van der Waals surface area contributed by atoms with E-state index in [1.54, 1.807) is 13.1 Å². The van der Waals surface area contributed by atoms with Gasteiger partial charge in [-0.05, 0) is 36.5 Å². The molecule has 0 aliphatic rings. The van der Waals surface area contributed by atoms with E-state index in [1.165, 1.54) is 4.90 Å². The number of hydrogen-bond donors (Lipinski definition) is 0. The molecule has 0 aliphatic carbocycles. The molecule has 142 valence electrons. The predicted octanol–water partition coefficient (Wildman–Crippen LogP) is 5.57. The summed E-state index contributed by atoms with van der Waals surface area (Å²) >= 11 is 0. The molecule has 1 aromatic carbocycles. The van der Waals surface area contributed by atoms with Gasteiger partial charge in [0.1, 0.15) is 5.56 Å². The summed E-state index contributed by atoms with van der Waals surface area (Å²) in [5, 5.41) is 0. The highest BCUT2D eigenvalue weighted by Crippen LogP contribution is 2.38. The van der Waals surface area contributed by atoms with E-state index >= 15 is 0 Å². The van der Waals surface area contributed by atoms with Crippen LogP contribution < -0.4 is 9.64 Å². The molecule has 0 saturated heterocycles. The normalized spacial score (nSPS) is 12.7. The van der Waals surface area contributed by atoms with Gasteiger partial charge in [0.15, 0.2) is 5.82 Å². The minimum atomic E-state index is -4.55. The topological polar surface area (TPSA) is 38.2 Å². The summed E-state index contributed by atoms with van der Waals surface area (Å²) in [6.07, 6.45) is -2.11. The second kappa shape index (κ2) is 8.38. The van der Waals surface area contributed by atoms with Crippen LogP contribution in [0.1, 0.15) is 50.7 Å². The second-order valence-electron chi connectivity index (χ2n) is 6.20. The van der Waals surface area contributed by atoms with Crippen molar-refractivity contribution in [1.82, 2.24) is 9.97 Å². The zero-order valence-electron chi connectivity index (χ0n) is 15.5. The SMILES string of the molecule is CCCOc1ncc(C(F)(F)F)c(N(C)c2cccc(C(C)CC)c2)n1. The Morgan fingerprint density at radius 3 is 2.58 bits per heavy atom. The van der Waals surface area contributed by atoms with Crippen molar-refractivity contribution in [2.24, 2.45) is 0 Å². The molecule has 0 fully saturated rings. The van der Waals surface area contributed by atoms with E-state index in [0.717, 1.165) is 18.2 Å². The van der Waals surface area contributed by atoms with Crippen LogP contribution in [0.3, 0.4) is 0 Å². The third-order valence-corrected chi connectivity index (χ3v) is 4.24. The fourth-order valence-corrected chi connectivity index (χ4v) is 2.47. The molecular weight excluding hydrogens is 343 g/mol. The monoisotopic (exact) mass is 367 g/mol. The van der Waals surface area contributed by atoms with E-state index in [9.17, 15) is 13.2 Å². The van der Waals surface area contributed by atoms with Crippen molar-refractivity contribution >= 4 is 11.5 Å². The second-order valence-corrected chi connectivity index (χ2v) is 6.20. The van der Waals surface area contributed by atoms with Gasteiger partial charge in [0.25, 0.3) is 0 Å². The van der Waals surface area contributed by atoms with Crippen LogP contribution in [0.5, 0.6) is 6.01 Å². The minimum absolute atomic E-state index is 0.0558. The molecule has 26 heavy (non-hydrogen) atoms. The third-order valence-electron chi connectivity index (χ3n) is 4.24. The first-order valence-electron chi connectivity index (χ1n) is 8.68. The number of aromatic nitrogens is 2. The lowest BCUT2D eigenvalue weighted by molar-refractivity contribution is -0.137. The number of halogens is 3. The zero-order chi connectivity index (χ0) is 19.3. The predicted molar refractivity (Wildman–Crippen MR) is 96.0 cm³/mol. The average molecular weight is 367 g/mol. The lowest BCUT2D eigenvalue weighted by atomic mass is 9.98. The zero-order valence-corrected chi connectivity index (χ0v) is 15.5. The Morgan fingerprint density at radius 1 is 1.23 bits per heavy atom. The molecule has 1 heterocycles. The molecule has 1 atom stereocenters. The largest absolute Gasteiger partial charge is 0.463 e. The maximum Gasteiger partial charge on any atom is 0.421 e. The average Bonchev–Trinajstić information content (AvgIpc) is 2.64. The first kappa shape index (κ1) is 20.0. The number of rotatable bonds is 7. The molecule has 4 nitrogen and oxygen atoms in total. The van der Waals surface area contributed by atoms with Crippen molar-refractivity contribution in [3.63, 3.8) is 0 Å². The molecule has 0 spiro atoms. The van der Waals surface area contributed by atoms with Crippen molar-refractivity contribution < 1.29 is 17.9 Å². The molecule has 0 aliphatic heterocycles. The van der Waals surface area contributed by atoms with E-state index < -0.39 is 11.7 Å². The van der Waals surface area contributed by atoms with Crippen LogP contribution in [0.25, 0.3) is 0 Å². The number of ether oxygens (including phenoxy) is 1. The summed E-state index contributed by atoms with van der Waals surface area (Å²) in [4.78, 5) is 9.14. The number of nitrogens with zero attached hydrogens (tertiary/aromatic N) is 3. The Morgan fingerprint density at radius 2 is 1.96 bits per heavy atom. The summed E-state index contributed by atoms with van der Waals surface area (Å²) in [6.45, 7) is 6.40. The van der Waals surface area contributed by atoms with Gasteiger partial charge < -0.3 is 9.64 Å². The van der Waals surface area contributed by atoms with Gasteiger partial charge in [-0.3, -0.25) is 0 Å². The number of hydrogen-bond acceptors (Lipinski definition) is 4. The van der Waals surface area contributed by atoms with E-state index in [1.807, 2.05) is 25.1 Å². The van der Waals surface area contributed by atoms with Crippen LogP contribution in [0.2, 0.25) is 0 Å². The fraction of sp³-hybridized carbons (Fsp3) is 0.474. The van der Waals surface area contributed by atoms with Gasteiger partial charge in [0.05, 0.1) is 6.61 Å². The molecule has 1 unspecified atom stereocenters. The van der Waals surface area contributed by atoms with Crippen molar-refractivity contribution in [3.8, 4) is 6.01 Å². The summed E-state index contributed by atoms with van der Waals surface area (Å²) in [5.41, 5.74) is 0.813. The molecule has 0 radical (unpaired) electrons. The summed E-state index contributed by atoms with van der Waals surface area (Å²) in [6, 6.07) is 7.42. The van der Waals surface area contributed by atoms with Gasteiger partial charge in [-0.25, -0.2) is 4.98 Å². The highest BCUT2D eigenvalue weighted by atomic mass is 19.4. The maximum atomic E-state index is 13.4. The van der Waals surface area contributed by atoms with Gasteiger partial charge in [-0.15, -0.1) is 0 Å². The third kappa shape index (κ3) is 4.65. The Bertz CT molecular complexity index is 734. The van der Waals surface area contributed by atoms with Crippen molar-refractivity contribution in [2.45, 2.75) is 45.7 Å². The van der Waals surface area contributed by atoms with Crippen LogP contribution >= 0.6 is 0 Å². The standard InChI is InChI=1S/C19H24F3N3O/c1-5-10-26-18-23-12-16(19(20,21)22)17(24-18)25(4)15-9-7-8-14(11-15)13(3)6-2/h7-9,11-13H,5-6,10H2,1-4H3. The van der Waals surface area contributed by atoms with E-state index in [2.05, 4.69) is 23.8 Å². The van der Waals surface area contributed by atoms with E-state index in [-0.39, 0.29) is 11.8 Å². The first-order valence-corrected chi connectivity index (χ1v) is 8.68. The molecule has 1 aromatic heterocycles. The molecule has 2 rings (SSSR count). The van der Waals surface area contributed by atoms with Gasteiger partial charge in [-0.1, -0.05) is 32.9 Å².